The van der Waals surface area contributed by atoms with E-state index in [0.717, 1.165) is 6.29 Å². The molecule has 0 aliphatic heterocycles. The highest BCUT2D eigenvalue weighted by atomic mass is 16.1. The van der Waals surface area contributed by atoms with E-state index in [2.05, 4.69) is 13.2 Å². The molecule has 0 fully saturated rings. The molecular formula is C8H12O. The highest BCUT2D eigenvalue weighted by Gasteiger charge is 2.15. The summed E-state index contributed by atoms with van der Waals surface area (Å²) < 4.78 is 0. The minimum absolute atomic E-state index is 0.401. The average molecular weight is 124 g/mol. The third-order valence-electron chi connectivity index (χ3n) is 1.32. The van der Waals surface area contributed by atoms with Gasteiger partial charge in [-0.15, -0.1) is 13.2 Å². The molecule has 0 N–H and O–H groups in total. The molecule has 1 nitrogen and oxygen atoms in total. The largest absolute Gasteiger partial charge is 0.302 e. The molecular weight excluding hydrogens is 112 g/mol. The lowest BCUT2D eigenvalue weighted by Crippen LogP contribution is -2.12. The summed E-state index contributed by atoms with van der Waals surface area (Å²) in [4.78, 5) is 10.3. The minimum Gasteiger partial charge on any atom is -0.302 e. The van der Waals surface area contributed by atoms with Crippen molar-refractivity contribution >= 4 is 6.29 Å². The fourth-order valence-electron chi connectivity index (χ4n) is 0.491. The fraction of sp³-hybridized carbons (Fsp3) is 0.375. The summed E-state index contributed by atoms with van der Waals surface area (Å²) in [5.74, 6) is 0. The first kappa shape index (κ1) is 8.15. The zero-order valence-corrected chi connectivity index (χ0v) is 5.76. The Morgan fingerprint density at radius 3 is 2.22 bits per heavy atom. The second-order valence-electron chi connectivity index (χ2n) is 2.32. The quantitative estimate of drug-likeness (QED) is 0.413. The number of hydrogen-bond acceptors (Lipinski definition) is 1. The van der Waals surface area contributed by atoms with Crippen LogP contribution in [0.5, 0.6) is 0 Å². The maximum absolute atomic E-state index is 10.3. The van der Waals surface area contributed by atoms with Crippen LogP contribution >= 0.6 is 0 Å². The number of aldehydes is 1. The summed E-state index contributed by atoms with van der Waals surface area (Å²) in [7, 11) is 0. The Hall–Kier alpha value is -0.850. The lowest BCUT2D eigenvalue weighted by molar-refractivity contribution is -0.113. The third kappa shape index (κ3) is 2.27. The van der Waals surface area contributed by atoms with Gasteiger partial charge in [0, 0.05) is 5.41 Å². The molecule has 1 heteroatoms. The first-order chi connectivity index (χ1) is 4.18. The molecule has 0 rings (SSSR count). The summed E-state index contributed by atoms with van der Waals surface area (Å²) >= 11 is 0. The Morgan fingerprint density at radius 1 is 1.56 bits per heavy atom. The Morgan fingerprint density at radius 2 is 2.11 bits per heavy atom. The van der Waals surface area contributed by atoms with Gasteiger partial charge in [-0.05, 0) is 13.3 Å². The Balaban J connectivity index is 4.06. The van der Waals surface area contributed by atoms with Gasteiger partial charge in [-0.1, -0.05) is 12.2 Å². The van der Waals surface area contributed by atoms with E-state index in [4.69, 9.17) is 0 Å². The monoisotopic (exact) mass is 124 g/mol. The van der Waals surface area contributed by atoms with E-state index >= 15 is 0 Å². The number of allylic oxidation sites excluding steroid dienone is 2. The van der Waals surface area contributed by atoms with Crippen molar-refractivity contribution in [3.05, 3.63) is 25.3 Å². The van der Waals surface area contributed by atoms with E-state index < -0.39 is 5.41 Å². The maximum atomic E-state index is 10.3. The van der Waals surface area contributed by atoms with Crippen molar-refractivity contribution in [1.29, 1.82) is 0 Å². The number of rotatable bonds is 4. The van der Waals surface area contributed by atoms with Gasteiger partial charge >= 0.3 is 0 Å². The zero-order chi connectivity index (χ0) is 7.33. The number of carbonyl (C=O) groups excluding carboxylic acids is 1. The van der Waals surface area contributed by atoms with Crippen molar-refractivity contribution in [2.24, 2.45) is 5.41 Å². The van der Waals surface area contributed by atoms with Gasteiger partial charge in [-0.3, -0.25) is 0 Å². The van der Waals surface area contributed by atoms with E-state index in [0.29, 0.717) is 6.42 Å². The highest BCUT2D eigenvalue weighted by Crippen LogP contribution is 2.18. The molecule has 0 aromatic rings. The smallest absolute Gasteiger partial charge is 0.129 e. The molecule has 0 amide bonds. The van der Waals surface area contributed by atoms with Crippen LogP contribution in [0.3, 0.4) is 0 Å². The van der Waals surface area contributed by atoms with Gasteiger partial charge in [0.1, 0.15) is 6.29 Å². The molecule has 50 valence electrons. The van der Waals surface area contributed by atoms with E-state index in [1.807, 2.05) is 6.92 Å². The van der Waals surface area contributed by atoms with Crippen molar-refractivity contribution in [2.45, 2.75) is 13.3 Å². The van der Waals surface area contributed by atoms with E-state index in [-0.39, 0.29) is 0 Å². The second kappa shape index (κ2) is 3.23. The molecule has 0 radical (unpaired) electrons. The maximum Gasteiger partial charge on any atom is 0.129 e. The van der Waals surface area contributed by atoms with Crippen molar-refractivity contribution < 1.29 is 4.79 Å². The van der Waals surface area contributed by atoms with Gasteiger partial charge in [0.25, 0.3) is 0 Å². The van der Waals surface area contributed by atoms with Crippen LogP contribution < -0.4 is 0 Å². The molecule has 0 saturated heterocycles. The Labute approximate surface area is 56.1 Å². The van der Waals surface area contributed by atoms with Crippen molar-refractivity contribution in [3.8, 4) is 0 Å². The van der Waals surface area contributed by atoms with Gasteiger partial charge in [-0.25, -0.2) is 0 Å². The molecule has 0 aromatic carbocycles. The fourth-order valence-corrected chi connectivity index (χ4v) is 0.491. The Kier molecular flexibility index (Phi) is 2.93. The molecule has 0 aromatic heterocycles. The third-order valence-corrected chi connectivity index (χ3v) is 1.32. The van der Waals surface area contributed by atoms with Crippen LogP contribution in [0.4, 0.5) is 0 Å². The molecule has 0 heterocycles. The standard InChI is InChI=1S/C8H12O/c1-4-6-8(3,5-2)7-9/h4-5,7H,1-2,6H2,3H3. The molecule has 9 heavy (non-hydrogen) atoms. The summed E-state index contributed by atoms with van der Waals surface area (Å²) in [6.45, 7) is 8.91. The van der Waals surface area contributed by atoms with Crippen LogP contribution in [-0.2, 0) is 4.79 Å². The van der Waals surface area contributed by atoms with Crippen molar-refractivity contribution in [1.82, 2.24) is 0 Å². The van der Waals surface area contributed by atoms with Crippen LogP contribution in [0.25, 0.3) is 0 Å². The van der Waals surface area contributed by atoms with Gasteiger partial charge < -0.3 is 4.79 Å². The topological polar surface area (TPSA) is 17.1 Å². The molecule has 1 unspecified atom stereocenters. The average Bonchev–Trinajstić information content (AvgIpc) is 1.89. The summed E-state index contributed by atoms with van der Waals surface area (Å²) in [5, 5.41) is 0. The number of hydrogen-bond donors (Lipinski definition) is 0. The lowest BCUT2D eigenvalue weighted by atomic mass is 9.89. The molecule has 0 saturated carbocycles. The van der Waals surface area contributed by atoms with E-state index in [1.165, 1.54) is 0 Å². The van der Waals surface area contributed by atoms with Gasteiger partial charge in [0.2, 0.25) is 0 Å². The first-order valence-electron chi connectivity index (χ1n) is 2.89. The predicted molar refractivity (Wildman–Crippen MR) is 39.2 cm³/mol. The first-order valence-corrected chi connectivity index (χ1v) is 2.89. The zero-order valence-electron chi connectivity index (χ0n) is 5.76. The van der Waals surface area contributed by atoms with Crippen LogP contribution in [0.15, 0.2) is 25.3 Å². The van der Waals surface area contributed by atoms with Gasteiger partial charge in [0.05, 0.1) is 0 Å². The molecule has 0 aliphatic rings. The minimum atomic E-state index is -0.401. The highest BCUT2D eigenvalue weighted by molar-refractivity contribution is 5.62. The molecule has 0 bridgehead atoms. The molecule has 1 atom stereocenters. The SMILES string of the molecule is C=CCC(C)(C=C)C=O. The summed E-state index contributed by atoms with van der Waals surface area (Å²) in [6, 6.07) is 0. The molecule has 0 aliphatic carbocycles. The van der Waals surface area contributed by atoms with E-state index in [1.54, 1.807) is 12.2 Å². The van der Waals surface area contributed by atoms with Crippen LogP contribution in [0.1, 0.15) is 13.3 Å². The van der Waals surface area contributed by atoms with Crippen LogP contribution in [0, 0.1) is 5.41 Å². The van der Waals surface area contributed by atoms with Gasteiger partial charge in [0.15, 0.2) is 0 Å². The van der Waals surface area contributed by atoms with Crippen LogP contribution in [-0.4, -0.2) is 6.29 Å². The van der Waals surface area contributed by atoms with E-state index in [9.17, 15) is 4.79 Å². The molecule has 0 spiro atoms. The normalized spacial score (nSPS) is 15.7. The number of carbonyl (C=O) groups is 1. The van der Waals surface area contributed by atoms with Crippen LogP contribution in [0.2, 0.25) is 0 Å². The van der Waals surface area contributed by atoms with Crippen molar-refractivity contribution in [2.75, 3.05) is 0 Å². The lowest BCUT2D eigenvalue weighted by Gasteiger charge is -2.13. The second-order valence-corrected chi connectivity index (χ2v) is 2.32. The summed E-state index contributed by atoms with van der Waals surface area (Å²) in [6.07, 6.45) is 4.92. The van der Waals surface area contributed by atoms with Crippen molar-refractivity contribution in [3.63, 3.8) is 0 Å². The van der Waals surface area contributed by atoms with Gasteiger partial charge in [-0.2, -0.15) is 0 Å². The Bertz CT molecular complexity index is 117. The summed E-state index contributed by atoms with van der Waals surface area (Å²) in [5.41, 5.74) is -0.401. The predicted octanol–water partition coefficient (Wildman–Crippen LogP) is 1.95.